The van der Waals surface area contributed by atoms with Crippen molar-refractivity contribution >= 4 is 17.7 Å². The first kappa shape index (κ1) is 8.62. The Labute approximate surface area is 70.4 Å². The van der Waals surface area contributed by atoms with Crippen molar-refractivity contribution in [3.05, 3.63) is 11.6 Å². The molecule has 0 spiro atoms. The van der Waals surface area contributed by atoms with Crippen molar-refractivity contribution in [3.8, 4) is 0 Å². The molecule has 62 valence electrons. The van der Waals surface area contributed by atoms with Gasteiger partial charge in [-0.1, -0.05) is 0 Å². The molecule has 4 heteroatoms. The fourth-order valence-corrected chi connectivity index (χ4v) is 1.43. The molecule has 0 aliphatic carbocycles. The van der Waals surface area contributed by atoms with Crippen LogP contribution in [0.2, 0.25) is 0 Å². The lowest BCUT2D eigenvalue weighted by Crippen LogP contribution is -2.31. The van der Waals surface area contributed by atoms with E-state index in [1.807, 2.05) is 5.41 Å². The summed E-state index contributed by atoms with van der Waals surface area (Å²) in [4.78, 5) is 12.8. The SMILES string of the molecule is COCCN1C=CSCC1=O. The van der Waals surface area contributed by atoms with Crippen LogP contribution in [0.15, 0.2) is 11.6 Å². The van der Waals surface area contributed by atoms with E-state index < -0.39 is 0 Å². The molecule has 0 N–H and O–H groups in total. The lowest BCUT2D eigenvalue weighted by molar-refractivity contribution is -0.126. The molecule has 0 unspecified atom stereocenters. The van der Waals surface area contributed by atoms with Crippen LogP contribution in [0.5, 0.6) is 0 Å². The van der Waals surface area contributed by atoms with Gasteiger partial charge in [-0.3, -0.25) is 4.79 Å². The minimum atomic E-state index is 0.162. The molecule has 0 fully saturated rings. The van der Waals surface area contributed by atoms with Gasteiger partial charge in [0.05, 0.1) is 12.4 Å². The van der Waals surface area contributed by atoms with Crippen molar-refractivity contribution in [2.24, 2.45) is 0 Å². The van der Waals surface area contributed by atoms with E-state index in [4.69, 9.17) is 4.74 Å². The smallest absolute Gasteiger partial charge is 0.236 e. The standard InChI is InChI=1S/C7H11NO2S/c1-10-4-2-8-3-5-11-6-7(8)9/h3,5H,2,4,6H2,1H3. The average molecular weight is 173 g/mol. The number of carbonyl (C=O) groups is 1. The molecule has 0 aromatic carbocycles. The fraction of sp³-hybridized carbons (Fsp3) is 0.571. The maximum absolute atomic E-state index is 11.1. The molecule has 11 heavy (non-hydrogen) atoms. The van der Waals surface area contributed by atoms with Crippen LogP contribution in [0, 0.1) is 0 Å². The van der Waals surface area contributed by atoms with E-state index in [0.29, 0.717) is 18.9 Å². The summed E-state index contributed by atoms with van der Waals surface area (Å²) in [7, 11) is 1.63. The number of amides is 1. The third kappa shape index (κ3) is 2.55. The number of hydrogen-bond acceptors (Lipinski definition) is 3. The number of rotatable bonds is 3. The number of hydrogen-bond donors (Lipinski definition) is 0. The minimum absolute atomic E-state index is 0.162. The molecular weight excluding hydrogens is 162 g/mol. The molecule has 0 radical (unpaired) electrons. The number of ether oxygens (including phenoxy) is 1. The summed E-state index contributed by atoms with van der Waals surface area (Å²) in [6, 6.07) is 0. The summed E-state index contributed by atoms with van der Waals surface area (Å²) in [6.45, 7) is 1.26. The van der Waals surface area contributed by atoms with Crippen molar-refractivity contribution in [2.45, 2.75) is 0 Å². The normalized spacial score (nSPS) is 17.5. The van der Waals surface area contributed by atoms with E-state index in [1.165, 1.54) is 11.8 Å². The summed E-state index contributed by atoms with van der Waals surface area (Å²) in [5, 5.41) is 1.93. The lowest BCUT2D eigenvalue weighted by atomic mass is 10.5. The van der Waals surface area contributed by atoms with Crippen LogP contribution >= 0.6 is 11.8 Å². The van der Waals surface area contributed by atoms with Gasteiger partial charge in [-0.05, 0) is 5.41 Å². The zero-order valence-electron chi connectivity index (χ0n) is 6.45. The van der Waals surface area contributed by atoms with E-state index in [9.17, 15) is 4.79 Å². The predicted octanol–water partition coefficient (Wildman–Crippen LogP) is 0.679. The van der Waals surface area contributed by atoms with Crippen LogP contribution < -0.4 is 0 Å². The monoisotopic (exact) mass is 173 g/mol. The Morgan fingerprint density at radius 3 is 3.27 bits per heavy atom. The van der Waals surface area contributed by atoms with Crippen LogP contribution in [-0.4, -0.2) is 36.8 Å². The molecule has 0 aromatic rings. The summed E-state index contributed by atoms with van der Waals surface area (Å²) in [5.74, 6) is 0.717. The van der Waals surface area contributed by atoms with E-state index in [-0.39, 0.29) is 5.91 Å². The molecular formula is C7H11NO2S. The predicted molar refractivity (Wildman–Crippen MR) is 45.2 cm³/mol. The first-order chi connectivity index (χ1) is 5.34. The van der Waals surface area contributed by atoms with Crippen LogP contribution in [-0.2, 0) is 9.53 Å². The summed E-state index contributed by atoms with van der Waals surface area (Å²) in [5.41, 5.74) is 0. The second-order valence-corrected chi connectivity index (χ2v) is 3.07. The summed E-state index contributed by atoms with van der Waals surface area (Å²) < 4.78 is 4.86. The van der Waals surface area contributed by atoms with Crippen LogP contribution in [0.3, 0.4) is 0 Å². The Hall–Kier alpha value is -0.480. The van der Waals surface area contributed by atoms with Gasteiger partial charge in [0, 0.05) is 19.9 Å². The fourth-order valence-electron chi connectivity index (χ4n) is 0.791. The van der Waals surface area contributed by atoms with Crippen LogP contribution in [0.25, 0.3) is 0 Å². The molecule has 0 bridgehead atoms. The van der Waals surface area contributed by atoms with E-state index in [0.717, 1.165) is 0 Å². The van der Waals surface area contributed by atoms with Gasteiger partial charge in [0.25, 0.3) is 0 Å². The Morgan fingerprint density at radius 2 is 2.64 bits per heavy atom. The molecule has 3 nitrogen and oxygen atoms in total. The highest BCUT2D eigenvalue weighted by molar-refractivity contribution is 8.02. The van der Waals surface area contributed by atoms with Gasteiger partial charge in [-0.2, -0.15) is 0 Å². The van der Waals surface area contributed by atoms with Gasteiger partial charge in [-0.15, -0.1) is 11.8 Å². The number of thioether (sulfide) groups is 1. The Balaban J connectivity index is 2.35. The maximum Gasteiger partial charge on any atom is 0.236 e. The molecule has 1 aliphatic rings. The number of carbonyl (C=O) groups excluding carboxylic acids is 1. The van der Waals surface area contributed by atoms with Crippen molar-refractivity contribution in [1.29, 1.82) is 0 Å². The van der Waals surface area contributed by atoms with Gasteiger partial charge in [0.1, 0.15) is 0 Å². The van der Waals surface area contributed by atoms with Crippen molar-refractivity contribution in [2.75, 3.05) is 26.0 Å². The maximum atomic E-state index is 11.1. The third-order valence-electron chi connectivity index (χ3n) is 1.40. The van der Waals surface area contributed by atoms with E-state index >= 15 is 0 Å². The van der Waals surface area contributed by atoms with Gasteiger partial charge >= 0.3 is 0 Å². The molecule has 0 saturated heterocycles. The molecule has 1 heterocycles. The van der Waals surface area contributed by atoms with E-state index in [1.54, 1.807) is 18.2 Å². The second-order valence-electron chi connectivity index (χ2n) is 2.18. The van der Waals surface area contributed by atoms with Crippen LogP contribution in [0.1, 0.15) is 0 Å². The first-order valence-electron chi connectivity index (χ1n) is 3.41. The summed E-state index contributed by atoms with van der Waals surface area (Å²) >= 11 is 1.53. The lowest BCUT2D eigenvalue weighted by Gasteiger charge is -2.20. The molecule has 0 saturated carbocycles. The van der Waals surface area contributed by atoms with Gasteiger partial charge in [0.15, 0.2) is 0 Å². The van der Waals surface area contributed by atoms with Crippen molar-refractivity contribution < 1.29 is 9.53 Å². The minimum Gasteiger partial charge on any atom is -0.383 e. The molecule has 0 atom stereocenters. The third-order valence-corrected chi connectivity index (χ3v) is 2.13. The van der Waals surface area contributed by atoms with Crippen molar-refractivity contribution in [1.82, 2.24) is 4.90 Å². The molecule has 1 rings (SSSR count). The zero-order chi connectivity index (χ0) is 8.10. The van der Waals surface area contributed by atoms with E-state index in [2.05, 4.69) is 0 Å². The Morgan fingerprint density at radius 1 is 1.82 bits per heavy atom. The molecule has 0 aromatic heterocycles. The molecule has 1 amide bonds. The number of methoxy groups -OCH3 is 1. The highest BCUT2D eigenvalue weighted by atomic mass is 32.2. The zero-order valence-corrected chi connectivity index (χ0v) is 7.26. The topological polar surface area (TPSA) is 29.5 Å². The highest BCUT2D eigenvalue weighted by Crippen LogP contribution is 2.11. The largest absolute Gasteiger partial charge is 0.383 e. The van der Waals surface area contributed by atoms with Crippen molar-refractivity contribution in [3.63, 3.8) is 0 Å². The second kappa shape index (κ2) is 4.41. The van der Waals surface area contributed by atoms with Gasteiger partial charge in [0.2, 0.25) is 5.91 Å². The Bertz CT molecular complexity index is 170. The summed E-state index contributed by atoms with van der Waals surface area (Å²) in [6.07, 6.45) is 1.80. The van der Waals surface area contributed by atoms with Gasteiger partial charge < -0.3 is 9.64 Å². The number of nitrogens with zero attached hydrogens (tertiary/aromatic N) is 1. The highest BCUT2D eigenvalue weighted by Gasteiger charge is 2.12. The molecule has 1 aliphatic heterocycles. The van der Waals surface area contributed by atoms with Crippen LogP contribution in [0.4, 0.5) is 0 Å². The quantitative estimate of drug-likeness (QED) is 0.628. The Kier molecular flexibility index (Phi) is 3.45. The average Bonchev–Trinajstić information content (AvgIpc) is 2.03. The first-order valence-corrected chi connectivity index (χ1v) is 4.46. The van der Waals surface area contributed by atoms with Gasteiger partial charge in [-0.25, -0.2) is 0 Å².